The number of halogens is 1. The molecule has 0 radical (unpaired) electrons. The van der Waals surface area contributed by atoms with E-state index in [0.717, 1.165) is 0 Å². The van der Waals surface area contributed by atoms with E-state index >= 15 is 0 Å². The molecular weight excluding hydrogens is 517 g/mol. The number of amides is 2. The first-order valence-corrected chi connectivity index (χ1v) is 13.2. The van der Waals surface area contributed by atoms with Crippen LogP contribution in [0.25, 0.3) is 16.9 Å². The molecule has 0 spiro atoms. The Balaban J connectivity index is 1.47. The maximum atomic E-state index is 14.4. The number of nitriles is 1. The molecule has 0 aliphatic heterocycles. The third-order valence-electron chi connectivity index (χ3n) is 8.27. The molecule has 3 saturated carbocycles. The lowest BCUT2D eigenvalue weighted by Gasteiger charge is -2.54. The van der Waals surface area contributed by atoms with Crippen molar-refractivity contribution >= 4 is 23.2 Å². The van der Waals surface area contributed by atoms with Crippen molar-refractivity contribution < 1.29 is 24.2 Å². The highest BCUT2D eigenvalue weighted by Gasteiger charge is 2.49. The minimum Gasteiger partial charge on any atom is -0.465 e. The van der Waals surface area contributed by atoms with E-state index in [2.05, 4.69) is 32.1 Å². The van der Waals surface area contributed by atoms with Gasteiger partial charge in [-0.2, -0.15) is 10.4 Å². The second kappa shape index (κ2) is 10.1. The number of nitrogens with one attached hydrogen (secondary N) is 3. The van der Waals surface area contributed by atoms with Crippen LogP contribution in [0.3, 0.4) is 0 Å². The topological polar surface area (TPSA) is 165 Å². The minimum absolute atomic E-state index is 0.229. The van der Waals surface area contributed by atoms with Crippen LogP contribution in [0.5, 0.6) is 0 Å². The number of alkyl halides is 1. The first-order valence-electron chi connectivity index (χ1n) is 13.2. The Morgan fingerprint density at radius 2 is 1.82 bits per heavy atom. The van der Waals surface area contributed by atoms with Crippen LogP contribution in [-0.4, -0.2) is 66.2 Å². The Morgan fingerprint density at radius 1 is 1.15 bits per heavy atom. The number of hydrogen-bond donors (Lipinski definition) is 5. The van der Waals surface area contributed by atoms with Crippen LogP contribution in [0.1, 0.15) is 68.3 Å². The van der Waals surface area contributed by atoms with Crippen LogP contribution in [0, 0.1) is 11.3 Å². The summed E-state index contributed by atoms with van der Waals surface area (Å²) in [6.07, 6.45) is 4.38. The van der Waals surface area contributed by atoms with Gasteiger partial charge in [0.2, 0.25) is 0 Å². The van der Waals surface area contributed by atoms with Crippen LogP contribution < -0.4 is 16.0 Å². The second-order valence-electron chi connectivity index (χ2n) is 11.5. The third-order valence-corrected chi connectivity index (χ3v) is 8.27. The van der Waals surface area contributed by atoms with Crippen molar-refractivity contribution in [3.8, 4) is 17.5 Å². The van der Waals surface area contributed by atoms with Crippen LogP contribution in [-0.2, 0) is 0 Å². The smallest absolute Gasteiger partial charge is 0.405 e. The molecule has 40 heavy (non-hydrogen) atoms. The summed E-state index contributed by atoms with van der Waals surface area (Å²) in [4.78, 5) is 29.1. The number of carbonyl (C=O) groups excluding carboxylic acids is 1. The summed E-state index contributed by atoms with van der Waals surface area (Å²) >= 11 is 0. The van der Waals surface area contributed by atoms with Gasteiger partial charge >= 0.3 is 6.09 Å². The van der Waals surface area contributed by atoms with Crippen molar-refractivity contribution in [2.45, 2.75) is 75.2 Å². The Bertz CT molecular complexity index is 1480. The van der Waals surface area contributed by atoms with Gasteiger partial charge in [-0.15, -0.1) is 0 Å². The number of pyridine rings is 1. The molecule has 3 aromatic heterocycles. The number of aliphatic hydroxyl groups is 1. The Hall–Kier alpha value is -4.24. The van der Waals surface area contributed by atoms with Crippen molar-refractivity contribution in [2.24, 2.45) is 0 Å². The van der Waals surface area contributed by atoms with Crippen molar-refractivity contribution in [2.75, 3.05) is 11.9 Å². The molecule has 2 amide bonds. The zero-order valence-corrected chi connectivity index (χ0v) is 22.4. The molecule has 3 fully saturated rings. The number of carboxylic acid groups (broad SMARTS) is 1. The Morgan fingerprint density at radius 3 is 2.45 bits per heavy atom. The van der Waals surface area contributed by atoms with E-state index in [1.807, 2.05) is 12.1 Å². The van der Waals surface area contributed by atoms with E-state index < -0.39 is 29.3 Å². The summed E-state index contributed by atoms with van der Waals surface area (Å²) in [5, 5.41) is 41.7. The summed E-state index contributed by atoms with van der Waals surface area (Å²) in [5.41, 5.74) is 0.725. The second-order valence-corrected chi connectivity index (χ2v) is 11.5. The number of carbonyl (C=O) groups is 2. The van der Waals surface area contributed by atoms with Crippen LogP contribution in [0.2, 0.25) is 0 Å². The number of nitrogens with zero attached hydrogens (tertiary/aromatic N) is 4. The van der Waals surface area contributed by atoms with Crippen molar-refractivity contribution in [3.05, 3.63) is 47.8 Å². The SMILES string of the molecule is CC(C)(O)C(F)CNC(=O)c1cnc(-c2ccc3cc(C#N)cnn23)cc1NC12CCC(NC(=O)O)(CC1)CC2. The predicted molar refractivity (Wildman–Crippen MR) is 145 cm³/mol. The predicted octanol–water partition coefficient (Wildman–Crippen LogP) is 3.63. The zero-order valence-electron chi connectivity index (χ0n) is 22.4. The van der Waals surface area contributed by atoms with Crippen molar-refractivity contribution in [1.29, 1.82) is 5.26 Å². The standard InChI is InChI=1S/C28H32FN7O4/c1-26(2,40)23(29)16-32-24(37)19-15-31-21(22-4-3-18-11-17(13-30)14-33-36(18)22)12-20(19)34-27-5-8-28(9-6-27,10-7-27)35-25(38)39/h3-4,11-12,14-15,23,35,40H,5-10,16H2,1-2H3,(H,31,34)(H,32,37)(H,38,39). The van der Waals surface area contributed by atoms with Gasteiger partial charge in [0.15, 0.2) is 0 Å². The molecule has 0 aromatic carbocycles. The lowest BCUT2D eigenvalue weighted by molar-refractivity contribution is -0.00178. The fourth-order valence-corrected chi connectivity index (χ4v) is 5.73. The molecule has 0 saturated heterocycles. The van der Waals surface area contributed by atoms with Gasteiger partial charge in [0.1, 0.15) is 12.2 Å². The highest BCUT2D eigenvalue weighted by molar-refractivity contribution is 6.00. The van der Waals surface area contributed by atoms with Gasteiger partial charge in [-0.05, 0) is 76.6 Å². The first-order chi connectivity index (χ1) is 18.9. The van der Waals surface area contributed by atoms with Crippen molar-refractivity contribution in [1.82, 2.24) is 25.2 Å². The first kappa shape index (κ1) is 27.3. The molecule has 3 aromatic rings. The molecule has 1 unspecified atom stereocenters. The molecule has 11 nitrogen and oxygen atoms in total. The molecule has 3 heterocycles. The molecular formula is C28H32FN7O4. The van der Waals surface area contributed by atoms with E-state index in [1.165, 1.54) is 26.2 Å². The Kier molecular flexibility index (Phi) is 6.87. The van der Waals surface area contributed by atoms with Crippen LogP contribution >= 0.6 is 0 Å². The summed E-state index contributed by atoms with van der Waals surface area (Å²) in [7, 11) is 0. The van der Waals surface area contributed by atoms with E-state index in [4.69, 9.17) is 0 Å². The zero-order chi connectivity index (χ0) is 28.7. The highest BCUT2D eigenvalue weighted by Crippen LogP contribution is 2.48. The number of aromatic nitrogens is 3. The van der Waals surface area contributed by atoms with Gasteiger partial charge in [-0.3, -0.25) is 9.78 Å². The fourth-order valence-electron chi connectivity index (χ4n) is 5.73. The van der Waals surface area contributed by atoms with E-state index in [0.29, 0.717) is 66.7 Å². The monoisotopic (exact) mass is 549 g/mol. The highest BCUT2D eigenvalue weighted by atomic mass is 19.1. The molecule has 1 atom stereocenters. The quantitative estimate of drug-likeness (QED) is 0.284. The summed E-state index contributed by atoms with van der Waals surface area (Å²) in [5.74, 6) is -0.532. The molecule has 12 heteroatoms. The van der Waals surface area contributed by atoms with Gasteiger partial charge in [0.05, 0.1) is 52.1 Å². The van der Waals surface area contributed by atoms with Crippen LogP contribution in [0.4, 0.5) is 14.9 Å². The van der Waals surface area contributed by atoms with Crippen LogP contribution in [0.15, 0.2) is 36.7 Å². The minimum atomic E-state index is -1.67. The molecule has 2 bridgehead atoms. The van der Waals surface area contributed by atoms with E-state index in [-0.39, 0.29) is 17.6 Å². The average molecular weight is 550 g/mol. The summed E-state index contributed by atoms with van der Waals surface area (Å²) < 4.78 is 16.0. The Labute approximate surface area is 230 Å². The summed E-state index contributed by atoms with van der Waals surface area (Å²) in [6, 6.07) is 9.21. The number of rotatable bonds is 8. The largest absolute Gasteiger partial charge is 0.465 e. The fraction of sp³-hybridized carbons (Fsp3) is 0.464. The van der Waals surface area contributed by atoms with E-state index in [1.54, 1.807) is 16.6 Å². The normalized spacial score (nSPS) is 22.9. The molecule has 5 N–H and O–H groups in total. The molecule has 210 valence electrons. The van der Waals surface area contributed by atoms with Gasteiger partial charge in [-0.25, -0.2) is 13.7 Å². The maximum absolute atomic E-state index is 14.4. The number of fused-ring (bicyclic) bond motifs is 4. The van der Waals surface area contributed by atoms with Gasteiger partial charge in [0.25, 0.3) is 5.91 Å². The van der Waals surface area contributed by atoms with Gasteiger partial charge in [0, 0.05) is 17.3 Å². The molecule has 6 rings (SSSR count). The maximum Gasteiger partial charge on any atom is 0.405 e. The van der Waals surface area contributed by atoms with Crippen molar-refractivity contribution in [3.63, 3.8) is 0 Å². The average Bonchev–Trinajstić information content (AvgIpc) is 3.35. The third kappa shape index (κ3) is 5.29. The lowest BCUT2D eigenvalue weighted by Crippen LogP contribution is -2.60. The molecule has 3 aliphatic carbocycles. The molecule has 3 aliphatic rings. The summed E-state index contributed by atoms with van der Waals surface area (Å²) in [6.45, 7) is 2.31. The van der Waals surface area contributed by atoms with Gasteiger partial charge < -0.3 is 26.2 Å². The number of hydrogen-bond acceptors (Lipinski definition) is 7. The van der Waals surface area contributed by atoms with E-state index in [9.17, 15) is 29.5 Å². The number of anilines is 1. The van der Waals surface area contributed by atoms with Gasteiger partial charge in [-0.1, -0.05) is 0 Å². The lowest BCUT2D eigenvalue weighted by atomic mass is 9.61.